The second-order valence-corrected chi connectivity index (χ2v) is 4.37. The molecule has 3 heteroatoms. The number of aryl methyl sites for hydroxylation is 1. The Kier molecular flexibility index (Phi) is 2.97. The summed E-state index contributed by atoms with van der Waals surface area (Å²) in [6.07, 6.45) is 3.21. The van der Waals surface area contributed by atoms with E-state index in [2.05, 4.69) is 0 Å². The molecule has 1 saturated carbocycles. The summed E-state index contributed by atoms with van der Waals surface area (Å²) in [5.41, 5.74) is 1.09. The third kappa shape index (κ3) is 2.42. The van der Waals surface area contributed by atoms with E-state index in [0.717, 1.165) is 31.2 Å². The van der Waals surface area contributed by atoms with Gasteiger partial charge in [0.05, 0.1) is 18.3 Å². The summed E-state index contributed by atoms with van der Waals surface area (Å²) < 4.78 is 4.72. The number of esters is 1. The average molecular weight is 220 g/mol. The summed E-state index contributed by atoms with van der Waals surface area (Å²) in [6.45, 7) is 0. The second-order valence-electron chi connectivity index (χ2n) is 4.37. The lowest BCUT2D eigenvalue weighted by Crippen LogP contribution is -2.11. The summed E-state index contributed by atoms with van der Waals surface area (Å²) in [4.78, 5) is 11.5. The Morgan fingerprint density at radius 2 is 2.12 bits per heavy atom. The van der Waals surface area contributed by atoms with Gasteiger partial charge in [0.1, 0.15) is 0 Å². The molecule has 3 nitrogen and oxygen atoms in total. The molecule has 0 bridgehead atoms. The second kappa shape index (κ2) is 4.26. The quantitative estimate of drug-likeness (QED) is 0.789. The molecule has 1 aromatic carbocycles. The van der Waals surface area contributed by atoms with Crippen LogP contribution < -0.4 is 0 Å². The maximum absolute atomic E-state index is 11.5. The summed E-state index contributed by atoms with van der Waals surface area (Å²) in [5.74, 6) is -0.307. The molecule has 1 aliphatic rings. The van der Waals surface area contributed by atoms with Crippen LogP contribution in [0.15, 0.2) is 24.3 Å². The van der Waals surface area contributed by atoms with E-state index in [1.54, 1.807) is 6.07 Å². The molecule has 0 saturated heterocycles. The molecule has 0 spiro atoms. The van der Waals surface area contributed by atoms with Gasteiger partial charge in [0, 0.05) is 0 Å². The van der Waals surface area contributed by atoms with Gasteiger partial charge in [-0.05, 0) is 37.3 Å². The lowest BCUT2D eigenvalue weighted by Gasteiger charge is -2.10. The average Bonchev–Trinajstić information content (AvgIpc) is 3.05. The number of hydrogen-bond acceptors (Lipinski definition) is 3. The molecule has 0 atom stereocenters. The van der Waals surface area contributed by atoms with Crippen LogP contribution in [0.25, 0.3) is 0 Å². The standard InChI is InChI=1S/C13H16O3/c1-16-12(14)11-5-3-2-4-10(11)6-7-13(15)8-9-13/h2-5,15H,6-9H2,1H3. The van der Waals surface area contributed by atoms with Crippen LogP contribution >= 0.6 is 0 Å². The number of aliphatic hydroxyl groups is 1. The predicted molar refractivity (Wildman–Crippen MR) is 60.3 cm³/mol. The van der Waals surface area contributed by atoms with Crippen molar-refractivity contribution in [3.63, 3.8) is 0 Å². The van der Waals surface area contributed by atoms with Crippen molar-refractivity contribution >= 4 is 5.97 Å². The predicted octanol–water partition coefficient (Wildman–Crippen LogP) is 1.93. The topological polar surface area (TPSA) is 46.5 Å². The molecule has 1 N–H and O–H groups in total. The molecule has 1 aliphatic carbocycles. The third-order valence-corrected chi connectivity index (χ3v) is 3.11. The molecule has 86 valence electrons. The Hall–Kier alpha value is -1.35. The monoisotopic (exact) mass is 220 g/mol. The summed E-state index contributed by atoms with van der Waals surface area (Å²) in [5, 5.41) is 9.76. The normalized spacial score (nSPS) is 16.9. The minimum absolute atomic E-state index is 0.307. The van der Waals surface area contributed by atoms with Crippen LogP contribution in [0.5, 0.6) is 0 Å². The molecular formula is C13H16O3. The number of carbonyl (C=O) groups is 1. The Labute approximate surface area is 95.0 Å². The third-order valence-electron chi connectivity index (χ3n) is 3.11. The van der Waals surface area contributed by atoms with Crippen molar-refractivity contribution in [3.05, 3.63) is 35.4 Å². The number of carbonyl (C=O) groups excluding carboxylic acids is 1. The Balaban J connectivity index is 2.09. The van der Waals surface area contributed by atoms with Crippen molar-refractivity contribution in [3.8, 4) is 0 Å². The lowest BCUT2D eigenvalue weighted by atomic mass is 10.0. The van der Waals surface area contributed by atoms with E-state index in [4.69, 9.17) is 4.74 Å². The summed E-state index contributed by atoms with van der Waals surface area (Å²) >= 11 is 0. The Bertz CT molecular complexity index is 394. The van der Waals surface area contributed by atoms with Crippen LogP contribution in [0.4, 0.5) is 0 Å². The van der Waals surface area contributed by atoms with Gasteiger partial charge in [0.2, 0.25) is 0 Å². The van der Waals surface area contributed by atoms with Crippen molar-refractivity contribution in [2.75, 3.05) is 7.11 Å². The fourth-order valence-electron chi connectivity index (χ4n) is 1.81. The molecule has 0 aliphatic heterocycles. The van der Waals surface area contributed by atoms with Gasteiger partial charge < -0.3 is 9.84 Å². The molecule has 2 rings (SSSR count). The molecule has 16 heavy (non-hydrogen) atoms. The van der Waals surface area contributed by atoms with Gasteiger partial charge in [-0.2, -0.15) is 0 Å². The van der Waals surface area contributed by atoms with Crippen LogP contribution in [-0.4, -0.2) is 23.8 Å². The highest BCUT2D eigenvalue weighted by atomic mass is 16.5. The largest absolute Gasteiger partial charge is 0.465 e. The van der Waals surface area contributed by atoms with Gasteiger partial charge in [0.15, 0.2) is 0 Å². The smallest absolute Gasteiger partial charge is 0.338 e. The van der Waals surface area contributed by atoms with Crippen LogP contribution in [-0.2, 0) is 11.2 Å². The zero-order valence-electron chi connectivity index (χ0n) is 9.40. The van der Waals surface area contributed by atoms with E-state index in [-0.39, 0.29) is 5.97 Å². The maximum Gasteiger partial charge on any atom is 0.338 e. The van der Waals surface area contributed by atoms with Gasteiger partial charge in [0.25, 0.3) is 0 Å². The highest BCUT2D eigenvalue weighted by Crippen LogP contribution is 2.39. The summed E-state index contributed by atoms with van der Waals surface area (Å²) in [6, 6.07) is 7.40. The number of methoxy groups -OCH3 is 1. The highest BCUT2D eigenvalue weighted by molar-refractivity contribution is 5.90. The Morgan fingerprint density at radius 1 is 1.44 bits per heavy atom. The van der Waals surface area contributed by atoms with Gasteiger partial charge in [-0.25, -0.2) is 4.79 Å². The molecule has 1 aromatic rings. The first-order chi connectivity index (χ1) is 7.64. The fourth-order valence-corrected chi connectivity index (χ4v) is 1.81. The van der Waals surface area contributed by atoms with E-state index in [1.165, 1.54) is 7.11 Å². The molecule has 0 aromatic heterocycles. The van der Waals surface area contributed by atoms with Crippen LogP contribution in [0.1, 0.15) is 35.2 Å². The van der Waals surface area contributed by atoms with E-state index >= 15 is 0 Å². The summed E-state index contributed by atoms with van der Waals surface area (Å²) in [7, 11) is 1.38. The van der Waals surface area contributed by atoms with Crippen LogP contribution in [0, 0.1) is 0 Å². The van der Waals surface area contributed by atoms with Crippen molar-refractivity contribution in [2.24, 2.45) is 0 Å². The van der Waals surface area contributed by atoms with Crippen molar-refractivity contribution in [1.29, 1.82) is 0 Å². The van der Waals surface area contributed by atoms with E-state index < -0.39 is 5.60 Å². The minimum atomic E-state index is -0.469. The number of benzene rings is 1. The van der Waals surface area contributed by atoms with E-state index in [9.17, 15) is 9.90 Å². The van der Waals surface area contributed by atoms with Gasteiger partial charge >= 0.3 is 5.97 Å². The molecule has 0 unspecified atom stereocenters. The van der Waals surface area contributed by atoms with Gasteiger partial charge in [-0.1, -0.05) is 18.2 Å². The fraction of sp³-hybridized carbons (Fsp3) is 0.462. The molecule has 1 fully saturated rings. The minimum Gasteiger partial charge on any atom is -0.465 e. The first-order valence-electron chi connectivity index (χ1n) is 5.53. The molecular weight excluding hydrogens is 204 g/mol. The maximum atomic E-state index is 11.5. The Morgan fingerprint density at radius 3 is 2.75 bits per heavy atom. The van der Waals surface area contributed by atoms with Gasteiger partial charge in [-0.15, -0.1) is 0 Å². The molecule has 0 heterocycles. The van der Waals surface area contributed by atoms with Crippen LogP contribution in [0.3, 0.4) is 0 Å². The number of rotatable bonds is 4. The zero-order valence-corrected chi connectivity index (χ0v) is 9.40. The van der Waals surface area contributed by atoms with Crippen LogP contribution in [0.2, 0.25) is 0 Å². The lowest BCUT2D eigenvalue weighted by molar-refractivity contribution is 0.0598. The highest BCUT2D eigenvalue weighted by Gasteiger charge is 2.39. The SMILES string of the molecule is COC(=O)c1ccccc1CCC1(O)CC1. The van der Waals surface area contributed by atoms with Crippen molar-refractivity contribution in [1.82, 2.24) is 0 Å². The van der Waals surface area contributed by atoms with Gasteiger partial charge in [-0.3, -0.25) is 0 Å². The zero-order chi connectivity index (χ0) is 11.6. The van der Waals surface area contributed by atoms with E-state index in [1.807, 2.05) is 18.2 Å². The molecule has 0 radical (unpaired) electrons. The van der Waals surface area contributed by atoms with Crippen molar-refractivity contribution in [2.45, 2.75) is 31.3 Å². The first kappa shape index (κ1) is 11.1. The van der Waals surface area contributed by atoms with Crippen molar-refractivity contribution < 1.29 is 14.6 Å². The first-order valence-corrected chi connectivity index (χ1v) is 5.53. The molecule has 0 amide bonds. The number of ether oxygens (including phenoxy) is 1. The number of hydrogen-bond donors (Lipinski definition) is 1. The van der Waals surface area contributed by atoms with E-state index in [0.29, 0.717) is 5.56 Å².